The van der Waals surface area contributed by atoms with Gasteiger partial charge in [-0.2, -0.15) is 0 Å². The molecule has 4 aromatic rings. The summed E-state index contributed by atoms with van der Waals surface area (Å²) in [5, 5.41) is 25.0. The van der Waals surface area contributed by atoms with Crippen LogP contribution in [0.4, 0.5) is 11.4 Å². The first kappa shape index (κ1) is 36.9. The van der Waals surface area contributed by atoms with Gasteiger partial charge < -0.3 is 10.2 Å². The molecule has 2 N–H and O–H groups in total. The first-order valence-electron chi connectivity index (χ1n) is 17.4. The standard InChI is InChI=1S/C44H58N2O2/c1-41(2,3)23-29-17-33(25-43(7,8)9)39(47)35(19-29)27-45-37-21-31-15-13-14-16-32(31)22-38(37)46-28-36-20-30(24-42(4,5)6)18-34(40(36)48)26-44(10,11)12/h13-22,27-28,47-48H,23-26H2,1-12H3. The van der Waals surface area contributed by atoms with Crippen molar-refractivity contribution in [3.05, 3.63) is 94.0 Å². The number of aromatic hydroxyl groups is 2. The number of hydrogen-bond acceptors (Lipinski definition) is 4. The maximum Gasteiger partial charge on any atom is 0.127 e. The lowest BCUT2D eigenvalue weighted by atomic mass is 9.83. The monoisotopic (exact) mass is 646 g/mol. The number of nitrogens with zero attached hydrogens (tertiary/aromatic N) is 2. The van der Waals surface area contributed by atoms with E-state index in [1.54, 1.807) is 12.4 Å². The summed E-state index contributed by atoms with van der Waals surface area (Å²) >= 11 is 0. The van der Waals surface area contributed by atoms with Crippen LogP contribution in [0.5, 0.6) is 11.5 Å². The molecule has 0 saturated carbocycles. The van der Waals surface area contributed by atoms with E-state index >= 15 is 0 Å². The Morgan fingerprint density at radius 1 is 0.479 bits per heavy atom. The average Bonchev–Trinajstić information content (AvgIpc) is 2.91. The third-order valence-corrected chi connectivity index (χ3v) is 8.00. The second-order valence-corrected chi connectivity index (χ2v) is 18.5. The second-order valence-electron chi connectivity index (χ2n) is 18.5. The molecule has 0 saturated heterocycles. The van der Waals surface area contributed by atoms with E-state index < -0.39 is 0 Å². The molecule has 256 valence electrons. The number of phenols is 2. The Morgan fingerprint density at radius 3 is 1.12 bits per heavy atom. The summed E-state index contributed by atoms with van der Waals surface area (Å²) in [5.41, 5.74) is 7.33. The molecule has 0 fully saturated rings. The number of phenolic OH excluding ortho intramolecular Hbond substituents is 2. The molecule has 0 unspecified atom stereocenters. The third kappa shape index (κ3) is 10.8. The van der Waals surface area contributed by atoms with Crippen molar-refractivity contribution >= 4 is 34.6 Å². The van der Waals surface area contributed by atoms with E-state index in [4.69, 9.17) is 9.98 Å². The summed E-state index contributed by atoms with van der Waals surface area (Å²) in [6.07, 6.45) is 6.87. The van der Waals surface area contributed by atoms with Crippen LogP contribution in [0.1, 0.15) is 116 Å². The van der Waals surface area contributed by atoms with Crippen LogP contribution in [0.15, 0.2) is 70.6 Å². The Kier molecular flexibility index (Phi) is 10.7. The minimum atomic E-state index is 0.0228. The third-order valence-electron chi connectivity index (χ3n) is 8.00. The number of benzene rings is 4. The van der Waals surface area contributed by atoms with Crippen LogP contribution in [0.2, 0.25) is 0 Å². The van der Waals surface area contributed by atoms with Crippen LogP contribution >= 0.6 is 0 Å². The number of hydrogen-bond donors (Lipinski definition) is 2. The first-order chi connectivity index (χ1) is 22.1. The van der Waals surface area contributed by atoms with E-state index in [1.165, 1.54) is 11.1 Å². The zero-order valence-electron chi connectivity index (χ0n) is 31.5. The molecule has 0 heterocycles. The zero-order valence-corrected chi connectivity index (χ0v) is 31.5. The van der Waals surface area contributed by atoms with E-state index in [9.17, 15) is 10.2 Å². The largest absolute Gasteiger partial charge is 0.507 e. The average molecular weight is 647 g/mol. The maximum atomic E-state index is 11.4. The van der Waals surface area contributed by atoms with Crippen LogP contribution in [-0.4, -0.2) is 22.6 Å². The highest BCUT2D eigenvalue weighted by atomic mass is 16.3. The molecule has 4 rings (SSSR count). The van der Waals surface area contributed by atoms with Gasteiger partial charge in [0.15, 0.2) is 0 Å². The fraction of sp³-hybridized carbons (Fsp3) is 0.455. The van der Waals surface area contributed by atoms with Crippen molar-refractivity contribution in [2.45, 2.75) is 109 Å². The van der Waals surface area contributed by atoms with Crippen LogP contribution in [0, 0.1) is 21.7 Å². The molecule has 0 atom stereocenters. The molecule has 0 aliphatic heterocycles. The molecule has 0 aliphatic rings. The molecule has 0 aromatic heterocycles. The van der Waals surface area contributed by atoms with Crippen molar-refractivity contribution in [1.82, 2.24) is 0 Å². The lowest BCUT2D eigenvalue weighted by Crippen LogP contribution is -2.13. The van der Waals surface area contributed by atoms with E-state index in [0.717, 1.165) is 47.6 Å². The van der Waals surface area contributed by atoms with Gasteiger partial charge in [0, 0.05) is 23.6 Å². The van der Waals surface area contributed by atoms with Crippen molar-refractivity contribution < 1.29 is 10.2 Å². The smallest absolute Gasteiger partial charge is 0.127 e. The summed E-state index contributed by atoms with van der Waals surface area (Å²) in [6, 6.07) is 20.7. The minimum absolute atomic E-state index is 0.0228. The summed E-state index contributed by atoms with van der Waals surface area (Å²) in [7, 11) is 0. The van der Waals surface area contributed by atoms with Crippen LogP contribution in [-0.2, 0) is 25.7 Å². The molecule has 4 heteroatoms. The molecular weight excluding hydrogens is 588 g/mol. The molecule has 0 amide bonds. The Bertz CT molecular complexity index is 1680. The Morgan fingerprint density at radius 2 is 0.812 bits per heavy atom. The van der Waals surface area contributed by atoms with E-state index in [0.29, 0.717) is 22.5 Å². The molecular formula is C44H58N2O2. The normalized spacial score (nSPS) is 13.3. The predicted octanol–water partition coefficient (Wildman–Crippen LogP) is 12.1. The van der Waals surface area contributed by atoms with Crippen LogP contribution < -0.4 is 0 Å². The molecule has 4 aromatic carbocycles. The first-order valence-corrected chi connectivity index (χ1v) is 17.4. The predicted molar refractivity (Wildman–Crippen MR) is 207 cm³/mol. The van der Waals surface area contributed by atoms with E-state index in [-0.39, 0.29) is 33.2 Å². The van der Waals surface area contributed by atoms with Gasteiger partial charge in [-0.05, 0) is 105 Å². The van der Waals surface area contributed by atoms with Crippen molar-refractivity contribution in [2.75, 3.05) is 0 Å². The summed E-state index contributed by atoms with van der Waals surface area (Å²) in [6.45, 7) is 26.6. The van der Waals surface area contributed by atoms with Crippen molar-refractivity contribution in [2.24, 2.45) is 31.6 Å². The zero-order chi connectivity index (χ0) is 35.7. The summed E-state index contributed by atoms with van der Waals surface area (Å²) in [5.74, 6) is 0.563. The molecule has 0 spiro atoms. The fourth-order valence-corrected chi connectivity index (χ4v) is 6.31. The summed E-state index contributed by atoms with van der Waals surface area (Å²) in [4.78, 5) is 9.94. The highest BCUT2D eigenvalue weighted by Crippen LogP contribution is 2.37. The molecule has 0 aliphatic carbocycles. The van der Waals surface area contributed by atoms with Gasteiger partial charge in [0.05, 0.1) is 11.4 Å². The summed E-state index contributed by atoms with van der Waals surface area (Å²) < 4.78 is 0. The van der Waals surface area contributed by atoms with Gasteiger partial charge in [-0.15, -0.1) is 0 Å². The number of fused-ring (bicyclic) bond motifs is 1. The fourth-order valence-electron chi connectivity index (χ4n) is 6.31. The van der Waals surface area contributed by atoms with Gasteiger partial charge in [-0.3, -0.25) is 9.98 Å². The lowest BCUT2D eigenvalue weighted by Gasteiger charge is -2.23. The van der Waals surface area contributed by atoms with Crippen molar-refractivity contribution in [3.8, 4) is 11.5 Å². The van der Waals surface area contributed by atoms with Crippen molar-refractivity contribution in [1.29, 1.82) is 0 Å². The van der Waals surface area contributed by atoms with Crippen LogP contribution in [0.3, 0.4) is 0 Å². The quantitative estimate of drug-likeness (QED) is 0.187. The highest BCUT2D eigenvalue weighted by Gasteiger charge is 2.21. The van der Waals surface area contributed by atoms with Gasteiger partial charge in [-0.25, -0.2) is 0 Å². The molecule has 4 nitrogen and oxygen atoms in total. The highest BCUT2D eigenvalue weighted by molar-refractivity contribution is 5.96. The number of aliphatic imine (C=N–C) groups is 2. The van der Waals surface area contributed by atoms with Crippen molar-refractivity contribution in [3.63, 3.8) is 0 Å². The topological polar surface area (TPSA) is 65.2 Å². The van der Waals surface area contributed by atoms with E-state index in [1.807, 2.05) is 24.3 Å². The van der Waals surface area contributed by atoms with Gasteiger partial charge >= 0.3 is 0 Å². The van der Waals surface area contributed by atoms with Gasteiger partial charge in [-0.1, -0.05) is 119 Å². The Balaban J connectivity index is 1.84. The Labute approximate surface area is 290 Å². The van der Waals surface area contributed by atoms with Gasteiger partial charge in [0.1, 0.15) is 11.5 Å². The van der Waals surface area contributed by atoms with Crippen LogP contribution in [0.25, 0.3) is 10.8 Å². The number of rotatable bonds is 8. The molecule has 48 heavy (non-hydrogen) atoms. The second kappa shape index (κ2) is 13.9. The molecule has 0 radical (unpaired) electrons. The SMILES string of the molecule is CC(C)(C)Cc1cc(C=Nc2cc3ccccc3cc2N=Cc2cc(CC(C)(C)C)cc(CC(C)(C)C)c2O)c(O)c(CC(C)(C)C)c1. The lowest BCUT2D eigenvalue weighted by molar-refractivity contribution is 0.391. The molecule has 0 bridgehead atoms. The minimum Gasteiger partial charge on any atom is -0.507 e. The Hall–Kier alpha value is -3.92. The van der Waals surface area contributed by atoms with Gasteiger partial charge in [0.25, 0.3) is 0 Å². The maximum absolute atomic E-state index is 11.4. The van der Waals surface area contributed by atoms with E-state index in [2.05, 4.69) is 119 Å². The van der Waals surface area contributed by atoms with Gasteiger partial charge in [0.2, 0.25) is 0 Å².